The second-order valence-corrected chi connectivity index (χ2v) is 3.79. The number of piperidine rings is 1. The molecule has 14 heavy (non-hydrogen) atoms. The molecule has 2 N–H and O–H groups in total. The predicted octanol–water partition coefficient (Wildman–Crippen LogP) is 0.923. The van der Waals surface area contributed by atoms with Gasteiger partial charge in [0.15, 0.2) is 0 Å². The number of aromatic nitrogens is 1. The van der Waals surface area contributed by atoms with E-state index in [1.54, 1.807) is 0 Å². The lowest BCUT2D eigenvalue weighted by molar-refractivity contribution is 0.389. The summed E-state index contributed by atoms with van der Waals surface area (Å²) < 4.78 is 0. The summed E-state index contributed by atoms with van der Waals surface area (Å²) in [5, 5.41) is 6.93. The Bertz CT molecular complexity index is 254. The summed E-state index contributed by atoms with van der Waals surface area (Å²) in [6.07, 6.45) is 6.30. The van der Waals surface area contributed by atoms with E-state index < -0.39 is 0 Å². The van der Waals surface area contributed by atoms with Gasteiger partial charge in [-0.1, -0.05) is 6.07 Å². The summed E-state index contributed by atoms with van der Waals surface area (Å²) in [5.41, 5.74) is 1.26. The van der Waals surface area contributed by atoms with Crippen LogP contribution in [0.25, 0.3) is 0 Å². The molecule has 0 aromatic carbocycles. The maximum absolute atomic E-state index is 4.09. The molecule has 1 aliphatic heterocycles. The van der Waals surface area contributed by atoms with Gasteiger partial charge in [-0.25, -0.2) is 0 Å². The highest BCUT2D eigenvalue weighted by Crippen LogP contribution is 2.03. The molecule has 2 rings (SSSR count). The quantitative estimate of drug-likeness (QED) is 0.746. The van der Waals surface area contributed by atoms with Gasteiger partial charge >= 0.3 is 0 Å². The van der Waals surface area contributed by atoms with E-state index >= 15 is 0 Å². The minimum atomic E-state index is 0.629. The standard InChI is InChI=1S/C11H17N3/c1-3-10(7-12-5-1)8-14-11-4-2-6-13-9-11/h1,3,5,7,11,13-14H,2,4,6,8-9H2/t11-/m1/s1. The smallest absolute Gasteiger partial charge is 0.0312 e. The summed E-state index contributed by atoms with van der Waals surface area (Å²) >= 11 is 0. The summed E-state index contributed by atoms with van der Waals surface area (Å²) in [7, 11) is 0. The van der Waals surface area contributed by atoms with Crippen molar-refractivity contribution in [2.45, 2.75) is 25.4 Å². The fourth-order valence-corrected chi connectivity index (χ4v) is 1.79. The van der Waals surface area contributed by atoms with Crippen LogP contribution in [0.2, 0.25) is 0 Å². The molecule has 2 heterocycles. The van der Waals surface area contributed by atoms with Gasteiger partial charge < -0.3 is 10.6 Å². The topological polar surface area (TPSA) is 37.0 Å². The molecule has 1 atom stereocenters. The molecule has 0 amide bonds. The van der Waals surface area contributed by atoms with Gasteiger partial charge in [-0.05, 0) is 31.0 Å². The summed E-state index contributed by atoms with van der Waals surface area (Å²) in [4.78, 5) is 4.09. The number of nitrogens with one attached hydrogen (secondary N) is 2. The molecule has 0 saturated carbocycles. The maximum atomic E-state index is 4.09. The van der Waals surface area contributed by atoms with Crippen molar-refractivity contribution in [1.82, 2.24) is 15.6 Å². The van der Waals surface area contributed by atoms with Crippen LogP contribution < -0.4 is 10.6 Å². The van der Waals surface area contributed by atoms with Gasteiger partial charge in [0.2, 0.25) is 0 Å². The molecule has 0 unspecified atom stereocenters. The molecule has 0 bridgehead atoms. The minimum absolute atomic E-state index is 0.629. The Morgan fingerprint density at radius 3 is 3.29 bits per heavy atom. The van der Waals surface area contributed by atoms with Crippen LogP contribution >= 0.6 is 0 Å². The number of hydrogen-bond donors (Lipinski definition) is 2. The highest BCUT2D eigenvalue weighted by Gasteiger charge is 2.11. The van der Waals surface area contributed by atoms with Gasteiger partial charge in [0, 0.05) is 31.5 Å². The van der Waals surface area contributed by atoms with E-state index in [4.69, 9.17) is 0 Å². The third-order valence-electron chi connectivity index (χ3n) is 2.61. The van der Waals surface area contributed by atoms with Crippen LogP contribution in [-0.2, 0) is 6.54 Å². The van der Waals surface area contributed by atoms with Gasteiger partial charge in [-0.15, -0.1) is 0 Å². The molecule has 1 aliphatic rings. The number of nitrogens with zero attached hydrogens (tertiary/aromatic N) is 1. The van der Waals surface area contributed by atoms with Crippen molar-refractivity contribution >= 4 is 0 Å². The van der Waals surface area contributed by atoms with Crippen molar-refractivity contribution in [2.24, 2.45) is 0 Å². The van der Waals surface area contributed by atoms with E-state index in [-0.39, 0.29) is 0 Å². The second kappa shape index (κ2) is 5.08. The molecule has 3 nitrogen and oxygen atoms in total. The van der Waals surface area contributed by atoms with Gasteiger partial charge in [-0.2, -0.15) is 0 Å². The summed E-state index contributed by atoms with van der Waals surface area (Å²) in [6.45, 7) is 3.20. The molecular formula is C11H17N3. The van der Waals surface area contributed by atoms with Crippen LogP contribution in [0.1, 0.15) is 18.4 Å². The molecule has 1 aromatic rings. The van der Waals surface area contributed by atoms with E-state index in [1.165, 1.54) is 24.9 Å². The van der Waals surface area contributed by atoms with Crippen LogP contribution in [-0.4, -0.2) is 24.1 Å². The van der Waals surface area contributed by atoms with E-state index in [0.29, 0.717) is 6.04 Å². The molecule has 0 aliphatic carbocycles. The predicted molar refractivity (Wildman–Crippen MR) is 57.0 cm³/mol. The van der Waals surface area contributed by atoms with Crippen LogP contribution in [0, 0.1) is 0 Å². The zero-order valence-corrected chi connectivity index (χ0v) is 8.37. The Labute approximate surface area is 84.9 Å². The molecular weight excluding hydrogens is 174 g/mol. The zero-order valence-electron chi connectivity index (χ0n) is 8.37. The van der Waals surface area contributed by atoms with Crippen LogP contribution in [0.3, 0.4) is 0 Å². The fraction of sp³-hybridized carbons (Fsp3) is 0.545. The Balaban J connectivity index is 1.76. The number of rotatable bonds is 3. The molecule has 1 fully saturated rings. The normalized spacial score (nSPS) is 22.1. The molecule has 1 saturated heterocycles. The Kier molecular flexibility index (Phi) is 3.49. The Hall–Kier alpha value is -0.930. The lowest BCUT2D eigenvalue weighted by Crippen LogP contribution is -2.42. The first kappa shape index (κ1) is 9.62. The Morgan fingerprint density at radius 1 is 1.57 bits per heavy atom. The molecule has 3 heteroatoms. The average Bonchev–Trinajstić information content (AvgIpc) is 2.29. The van der Waals surface area contributed by atoms with Gasteiger partial charge in [-0.3, -0.25) is 4.98 Å². The van der Waals surface area contributed by atoms with Gasteiger partial charge in [0.05, 0.1) is 0 Å². The largest absolute Gasteiger partial charge is 0.315 e. The van der Waals surface area contributed by atoms with E-state index in [2.05, 4.69) is 21.7 Å². The minimum Gasteiger partial charge on any atom is -0.315 e. The average molecular weight is 191 g/mol. The number of hydrogen-bond acceptors (Lipinski definition) is 3. The van der Waals surface area contributed by atoms with Crippen LogP contribution in [0.15, 0.2) is 24.5 Å². The molecule has 1 aromatic heterocycles. The lowest BCUT2D eigenvalue weighted by atomic mass is 10.1. The van der Waals surface area contributed by atoms with E-state index in [1.807, 2.05) is 18.5 Å². The monoisotopic (exact) mass is 191 g/mol. The van der Waals surface area contributed by atoms with E-state index in [9.17, 15) is 0 Å². The van der Waals surface area contributed by atoms with Crippen LogP contribution in [0.5, 0.6) is 0 Å². The third kappa shape index (κ3) is 2.79. The van der Waals surface area contributed by atoms with Crippen molar-refractivity contribution < 1.29 is 0 Å². The van der Waals surface area contributed by atoms with Gasteiger partial charge in [0.1, 0.15) is 0 Å². The first-order valence-electron chi connectivity index (χ1n) is 5.28. The van der Waals surface area contributed by atoms with Crippen molar-refractivity contribution in [3.63, 3.8) is 0 Å². The van der Waals surface area contributed by atoms with Crippen molar-refractivity contribution in [2.75, 3.05) is 13.1 Å². The van der Waals surface area contributed by atoms with E-state index in [0.717, 1.165) is 13.1 Å². The highest BCUT2D eigenvalue weighted by molar-refractivity contribution is 5.08. The summed E-state index contributed by atoms with van der Waals surface area (Å²) in [5.74, 6) is 0. The second-order valence-electron chi connectivity index (χ2n) is 3.79. The molecule has 76 valence electrons. The molecule has 0 radical (unpaired) electrons. The van der Waals surface area contributed by atoms with Crippen molar-refractivity contribution in [3.8, 4) is 0 Å². The SMILES string of the molecule is c1cncc(CN[C@@H]2CCCNC2)c1. The van der Waals surface area contributed by atoms with Crippen molar-refractivity contribution in [1.29, 1.82) is 0 Å². The Morgan fingerprint density at radius 2 is 2.57 bits per heavy atom. The number of pyridine rings is 1. The van der Waals surface area contributed by atoms with Crippen molar-refractivity contribution in [3.05, 3.63) is 30.1 Å². The third-order valence-corrected chi connectivity index (χ3v) is 2.61. The highest BCUT2D eigenvalue weighted by atomic mass is 15.0. The zero-order chi connectivity index (χ0) is 9.64. The maximum Gasteiger partial charge on any atom is 0.0312 e. The lowest BCUT2D eigenvalue weighted by Gasteiger charge is -2.23. The van der Waals surface area contributed by atoms with Crippen LogP contribution in [0.4, 0.5) is 0 Å². The summed E-state index contributed by atoms with van der Waals surface area (Å²) in [6, 6.07) is 4.72. The first-order chi connectivity index (χ1) is 6.95. The van der Waals surface area contributed by atoms with Gasteiger partial charge in [0.25, 0.3) is 0 Å². The fourth-order valence-electron chi connectivity index (χ4n) is 1.79. The first-order valence-corrected chi connectivity index (χ1v) is 5.28. The molecule has 0 spiro atoms.